The topological polar surface area (TPSA) is 128 Å². The molecule has 0 aliphatic carbocycles. The van der Waals surface area contributed by atoms with E-state index in [4.69, 9.17) is 4.74 Å². The van der Waals surface area contributed by atoms with Gasteiger partial charge in [0.15, 0.2) is 0 Å². The van der Waals surface area contributed by atoms with Crippen molar-refractivity contribution in [1.29, 1.82) is 0 Å². The Kier molecular flexibility index (Phi) is 9.19. The standard InChI is InChI=1S/C33H36N4O6S/c1-22-19-37(23(2)21-38)32(39)28-18-25(34-33(40)35-29-15-9-11-24-10-7-8-14-27(24)29)16-17-30(28)43-31(22)20-36(3)44(41,42)26-12-5-4-6-13-26/h4-18,22-23,31,38H,19-21H2,1-3H3,(H2,34,35,40)/t22-,23-,31-/m0/s1. The molecule has 4 aromatic rings. The number of carbonyl (C=O) groups excluding carboxylic acids is 2. The first kappa shape index (κ1) is 31.0. The average Bonchev–Trinajstić information content (AvgIpc) is 3.03. The van der Waals surface area contributed by atoms with Crippen molar-refractivity contribution in [3.8, 4) is 5.75 Å². The van der Waals surface area contributed by atoms with Crippen LogP contribution in [0.25, 0.3) is 10.8 Å². The highest BCUT2D eigenvalue weighted by Gasteiger charge is 2.35. The Bertz CT molecular complexity index is 1760. The molecule has 1 aliphatic heterocycles. The fourth-order valence-electron chi connectivity index (χ4n) is 5.26. The van der Waals surface area contributed by atoms with Gasteiger partial charge in [-0.15, -0.1) is 0 Å². The van der Waals surface area contributed by atoms with Gasteiger partial charge < -0.3 is 25.4 Å². The molecule has 0 unspecified atom stereocenters. The number of fused-ring (bicyclic) bond motifs is 2. The lowest BCUT2D eigenvalue weighted by atomic mass is 9.99. The molecular weight excluding hydrogens is 580 g/mol. The first-order valence-electron chi connectivity index (χ1n) is 14.4. The maximum absolute atomic E-state index is 13.8. The van der Waals surface area contributed by atoms with Crippen molar-refractivity contribution < 1.29 is 27.9 Å². The van der Waals surface area contributed by atoms with Gasteiger partial charge >= 0.3 is 6.03 Å². The summed E-state index contributed by atoms with van der Waals surface area (Å²) in [7, 11) is -2.29. The number of nitrogens with zero attached hydrogens (tertiary/aromatic N) is 2. The number of urea groups is 1. The number of aliphatic hydroxyl groups is 1. The van der Waals surface area contributed by atoms with Crippen LogP contribution in [0.1, 0.15) is 24.2 Å². The molecule has 3 atom stereocenters. The molecule has 0 saturated carbocycles. The Morgan fingerprint density at radius 2 is 1.73 bits per heavy atom. The minimum absolute atomic E-state index is 0.0286. The number of ether oxygens (including phenoxy) is 1. The Morgan fingerprint density at radius 1 is 1.02 bits per heavy atom. The predicted molar refractivity (Wildman–Crippen MR) is 170 cm³/mol. The molecule has 3 amide bonds. The highest BCUT2D eigenvalue weighted by molar-refractivity contribution is 7.89. The molecule has 0 fully saturated rings. The van der Waals surface area contributed by atoms with E-state index >= 15 is 0 Å². The zero-order valence-corrected chi connectivity index (χ0v) is 25.6. The second-order valence-electron chi connectivity index (χ2n) is 11.0. The fourth-order valence-corrected chi connectivity index (χ4v) is 6.47. The molecule has 0 aromatic heterocycles. The number of amides is 3. The van der Waals surface area contributed by atoms with Gasteiger partial charge in [-0.3, -0.25) is 4.79 Å². The van der Waals surface area contributed by atoms with Crippen LogP contribution < -0.4 is 15.4 Å². The van der Waals surface area contributed by atoms with Gasteiger partial charge in [0.2, 0.25) is 10.0 Å². The molecule has 5 rings (SSSR count). The second kappa shape index (κ2) is 13.0. The monoisotopic (exact) mass is 616 g/mol. The SMILES string of the molecule is C[C@H]1CN([C@@H](C)CO)C(=O)c2cc(NC(=O)Nc3cccc4ccccc34)ccc2O[C@H]1CN(C)S(=O)(=O)c1ccccc1. The third kappa shape index (κ3) is 6.54. The van der Waals surface area contributed by atoms with Crippen LogP contribution in [0.2, 0.25) is 0 Å². The first-order valence-corrected chi connectivity index (χ1v) is 15.8. The lowest BCUT2D eigenvalue weighted by Crippen LogP contribution is -2.50. The van der Waals surface area contributed by atoms with Gasteiger partial charge in [-0.1, -0.05) is 61.5 Å². The van der Waals surface area contributed by atoms with Crippen LogP contribution in [-0.4, -0.2) is 73.6 Å². The molecule has 3 N–H and O–H groups in total. The van der Waals surface area contributed by atoms with E-state index in [1.807, 2.05) is 49.4 Å². The summed E-state index contributed by atoms with van der Waals surface area (Å²) in [5, 5.41) is 17.5. The molecule has 0 bridgehead atoms. The number of rotatable bonds is 8. The van der Waals surface area contributed by atoms with E-state index in [1.54, 1.807) is 42.2 Å². The number of nitrogens with one attached hydrogen (secondary N) is 2. The van der Waals surface area contributed by atoms with Crippen molar-refractivity contribution in [1.82, 2.24) is 9.21 Å². The molecule has 230 valence electrons. The average molecular weight is 617 g/mol. The quantitative estimate of drug-likeness (QED) is 0.255. The largest absolute Gasteiger partial charge is 0.488 e. The van der Waals surface area contributed by atoms with Crippen LogP contribution >= 0.6 is 0 Å². The van der Waals surface area contributed by atoms with Gasteiger partial charge in [0.05, 0.1) is 35.3 Å². The van der Waals surface area contributed by atoms with Crippen molar-refractivity contribution in [3.05, 3.63) is 96.6 Å². The maximum atomic E-state index is 13.8. The summed E-state index contributed by atoms with van der Waals surface area (Å²) in [5.41, 5.74) is 1.20. The maximum Gasteiger partial charge on any atom is 0.323 e. The number of hydrogen-bond acceptors (Lipinski definition) is 6. The predicted octanol–water partition coefficient (Wildman–Crippen LogP) is 5.02. The molecule has 1 heterocycles. The van der Waals surface area contributed by atoms with Gasteiger partial charge in [0, 0.05) is 30.6 Å². The van der Waals surface area contributed by atoms with E-state index in [1.165, 1.54) is 29.6 Å². The van der Waals surface area contributed by atoms with E-state index in [9.17, 15) is 23.1 Å². The number of sulfonamides is 1. The number of likely N-dealkylation sites (N-methyl/N-ethyl adjacent to an activating group) is 1. The number of aliphatic hydroxyl groups excluding tert-OH is 1. The van der Waals surface area contributed by atoms with E-state index in [2.05, 4.69) is 10.6 Å². The summed E-state index contributed by atoms with van der Waals surface area (Å²) in [6.07, 6.45) is -0.618. The van der Waals surface area contributed by atoms with Crippen LogP contribution in [0.3, 0.4) is 0 Å². The third-order valence-electron chi connectivity index (χ3n) is 7.85. The number of carbonyl (C=O) groups is 2. The fraction of sp³-hybridized carbons (Fsp3) is 0.273. The number of hydrogen-bond donors (Lipinski definition) is 3. The highest BCUT2D eigenvalue weighted by atomic mass is 32.2. The smallest absolute Gasteiger partial charge is 0.323 e. The number of anilines is 2. The molecule has 44 heavy (non-hydrogen) atoms. The van der Waals surface area contributed by atoms with E-state index < -0.39 is 28.2 Å². The molecule has 1 aliphatic rings. The zero-order valence-electron chi connectivity index (χ0n) is 24.8. The van der Waals surface area contributed by atoms with Crippen molar-refractivity contribution in [2.75, 3.05) is 37.4 Å². The first-order chi connectivity index (χ1) is 21.1. The molecule has 0 spiro atoms. The van der Waals surface area contributed by atoms with Crippen molar-refractivity contribution in [2.45, 2.75) is 30.9 Å². The minimum Gasteiger partial charge on any atom is -0.488 e. The van der Waals surface area contributed by atoms with E-state index in [-0.39, 0.29) is 47.7 Å². The summed E-state index contributed by atoms with van der Waals surface area (Å²) in [4.78, 5) is 28.5. The van der Waals surface area contributed by atoms with Crippen LogP contribution in [0, 0.1) is 5.92 Å². The second-order valence-corrected chi connectivity index (χ2v) is 13.1. The zero-order chi connectivity index (χ0) is 31.4. The number of benzene rings is 4. The van der Waals surface area contributed by atoms with Gasteiger partial charge in [-0.05, 0) is 48.7 Å². The third-order valence-corrected chi connectivity index (χ3v) is 9.69. The molecule has 10 nitrogen and oxygen atoms in total. The minimum atomic E-state index is -3.79. The van der Waals surface area contributed by atoms with Crippen LogP contribution in [-0.2, 0) is 10.0 Å². The summed E-state index contributed by atoms with van der Waals surface area (Å²) in [6.45, 7) is 3.63. The molecule has 0 saturated heterocycles. The Morgan fingerprint density at radius 3 is 2.48 bits per heavy atom. The summed E-state index contributed by atoms with van der Waals surface area (Å²) >= 11 is 0. The summed E-state index contributed by atoms with van der Waals surface area (Å²) in [6, 6.07) is 25.3. The summed E-state index contributed by atoms with van der Waals surface area (Å²) < 4.78 is 34.1. The van der Waals surface area contributed by atoms with Gasteiger partial charge in [0.25, 0.3) is 5.91 Å². The highest BCUT2D eigenvalue weighted by Crippen LogP contribution is 2.31. The normalized spacial score (nSPS) is 17.8. The van der Waals surface area contributed by atoms with E-state index in [0.29, 0.717) is 11.4 Å². The molecule has 11 heteroatoms. The Labute approximate surface area is 257 Å². The lowest BCUT2D eigenvalue weighted by Gasteiger charge is -2.38. The Balaban J connectivity index is 1.41. The van der Waals surface area contributed by atoms with Crippen molar-refractivity contribution in [3.63, 3.8) is 0 Å². The Hall–Kier alpha value is -4.45. The van der Waals surface area contributed by atoms with Gasteiger partial charge in [-0.2, -0.15) is 4.31 Å². The van der Waals surface area contributed by atoms with Gasteiger partial charge in [-0.25, -0.2) is 13.2 Å². The lowest BCUT2D eigenvalue weighted by molar-refractivity contribution is 0.0387. The van der Waals surface area contributed by atoms with Crippen molar-refractivity contribution >= 4 is 44.1 Å². The van der Waals surface area contributed by atoms with Crippen LogP contribution in [0.5, 0.6) is 5.75 Å². The molecular formula is C33H36N4O6S. The van der Waals surface area contributed by atoms with Crippen molar-refractivity contribution in [2.24, 2.45) is 5.92 Å². The summed E-state index contributed by atoms with van der Waals surface area (Å²) in [5.74, 6) is -0.388. The van der Waals surface area contributed by atoms with Crippen LogP contribution in [0.4, 0.5) is 16.2 Å². The molecule has 0 radical (unpaired) electrons. The van der Waals surface area contributed by atoms with Crippen LogP contribution in [0.15, 0.2) is 95.9 Å². The van der Waals surface area contributed by atoms with E-state index in [0.717, 1.165) is 10.8 Å². The molecule has 4 aromatic carbocycles. The van der Waals surface area contributed by atoms with Gasteiger partial charge in [0.1, 0.15) is 11.9 Å².